The smallest absolute Gasteiger partial charge is 0.330 e. The fraction of sp³-hybridized carbons (Fsp3) is 0.824. The van der Waals surface area contributed by atoms with Gasteiger partial charge < -0.3 is 5.11 Å². The maximum atomic E-state index is 11.3. The van der Waals surface area contributed by atoms with E-state index in [-0.39, 0.29) is 0 Å². The van der Waals surface area contributed by atoms with Gasteiger partial charge in [-0.05, 0) is 18.0 Å². The summed E-state index contributed by atoms with van der Waals surface area (Å²) in [4.78, 5) is 11.3. The predicted molar refractivity (Wildman–Crippen MR) is 86.7 cm³/mol. The molecule has 2 saturated carbocycles. The second kappa shape index (κ2) is 6.93. The Hall–Kier alpha value is -0.573. The highest BCUT2D eigenvalue weighted by molar-refractivity contribution is 6.86. The molecule has 0 heterocycles. The molecule has 1 N–H and O–H groups in total. The van der Waals surface area contributed by atoms with Gasteiger partial charge in [-0.1, -0.05) is 76.5 Å². The average Bonchev–Trinajstić information content (AvgIpc) is 2.48. The molecule has 20 heavy (non-hydrogen) atoms. The Balaban J connectivity index is 2.25. The van der Waals surface area contributed by atoms with Gasteiger partial charge in [0.05, 0.1) is 8.07 Å². The van der Waals surface area contributed by atoms with E-state index >= 15 is 0 Å². The van der Waals surface area contributed by atoms with Gasteiger partial charge in [0.2, 0.25) is 0 Å². The van der Waals surface area contributed by atoms with Crippen LogP contribution in [0.1, 0.15) is 71.1 Å². The van der Waals surface area contributed by atoms with Crippen LogP contribution in [0.5, 0.6) is 0 Å². The van der Waals surface area contributed by atoms with Crippen LogP contribution in [0.2, 0.25) is 17.6 Å². The fourth-order valence-corrected chi connectivity index (χ4v) is 10.0. The van der Waals surface area contributed by atoms with Crippen molar-refractivity contribution in [1.82, 2.24) is 0 Å². The monoisotopic (exact) mass is 294 g/mol. The van der Waals surface area contributed by atoms with Crippen LogP contribution in [-0.4, -0.2) is 19.1 Å². The maximum absolute atomic E-state index is 11.3. The van der Waals surface area contributed by atoms with Crippen molar-refractivity contribution in [3.05, 3.63) is 11.3 Å². The number of hydrogen-bond donors (Lipinski definition) is 1. The molecule has 2 nitrogen and oxygen atoms in total. The molecule has 0 amide bonds. The Morgan fingerprint density at radius 3 is 1.70 bits per heavy atom. The lowest BCUT2D eigenvalue weighted by Crippen LogP contribution is -2.42. The first-order chi connectivity index (χ1) is 9.54. The minimum Gasteiger partial charge on any atom is -0.478 e. The quantitative estimate of drug-likeness (QED) is 0.564. The van der Waals surface area contributed by atoms with Crippen molar-refractivity contribution in [2.45, 2.75) is 88.8 Å². The maximum Gasteiger partial charge on any atom is 0.330 e. The first-order valence-electron chi connectivity index (χ1n) is 8.47. The molecule has 0 saturated heterocycles. The number of carbonyl (C=O) groups is 1. The van der Waals surface area contributed by atoms with E-state index in [0.717, 1.165) is 11.1 Å². The minimum atomic E-state index is -1.62. The van der Waals surface area contributed by atoms with Crippen molar-refractivity contribution in [1.29, 1.82) is 0 Å². The van der Waals surface area contributed by atoms with Gasteiger partial charge in [-0.3, -0.25) is 0 Å². The zero-order valence-electron chi connectivity index (χ0n) is 13.2. The molecule has 2 fully saturated rings. The summed E-state index contributed by atoms with van der Waals surface area (Å²) in [6, 6.07) is 0. The van der Waals surface area contributed by atoms with E-state index in [1.54, 1.807) is 6.92 Å². The molecule has 0 radical (unpaired) electrons. The zero-order chi connectivity index (χ0) is 14.6. The number of rotatable bonds is 4. The molecule has 2 aliphatic carbocycles. The standard InChI is InChI=1S/C17H30O2Si/c1-14(17(18)19)13-20(2,15-9-5-3-6-10-15)16-11-7-4-8-12-16/h13,15-16H,3-12H2,1-2H3,(H,18,19). The van der Waals surface area contributed by atoms with Gasteiger partial charge in [-0.25, -0.2) is 4.79 Å². The molecule has 0 aliphatic heterocycles. The molecule has 0 aromatic heterocycles. The molecule has 0 aromatic carbocycles. The van der Waals surface area contributed by atoms with Crippen LogP contribution < -0.4 is 0 Å². The SMILES string of the molecule is CC(=C[Si](C)(C1CCCCC1)C1CCCCC1)C(=O)O. The lowest BCUT2D eigenvalue weighted by molar-refractivity contribution is -0.132. The van der Waals surface area contributed by atoms with Crippen molar-refractivity contribution in [2.75, 3.05) is 0 Å². The first-order valence-corrected chi connectivity index (χ1v) is 11.2. The van der Waals surface area contributed by atoms with Crippen LogP contribution in [0, 0.1) is 0 Å². The highest BCUT2D eigenvalue weighted by Crippen LogP contribution is 2.49. The molecular formula is C17H30O2Si. The van der Waals surface area contributed by atoms with Gasteiger partial charge in [-0.2, -0.15) is 0 Å². The van der Waals surface area contributed by atoms with Crippen molar-refractivity contribution < 1.29 is 9.90 Å². The number of carboxylic acids is 1. The summed E-state index contributed by atoms with van der Waals surface area (Å²) in [6.45, 7) is 4.30. The summed E-state index contributed by atoms with van der Waals surface area (Å²) in [5, 5.41) is 9.30. The summed E-state index contributed by atoms with van der Waals surface area (Å²) in [7, 11) is -1.62. The third-order valence-electron chi connectivity index (χ3n) is 5.83. The minimum absolute atomic E-state index is 0.607. The number of aliphatic carboxylic acids is 1. The Labute approximate surface area is 124 Å². The molecule has 0 spiro atoms. The third kappa shape index (κ3) is 3.54. The van der Waals surface area contributed by atoms with Crippen molar-refractivity contribution in [3.63, 3.8) is 0 Å². The average molecular weight is 295 g/mol. The van der Waals surface area contributed by atoms with Gasteiger partial charge in [0.25, 0.3) is 0 Å². The number of hydrogen-bond acceptors (Lipinski definition) is 1. The molecule has 114 valence electrons. The van der Waals surface area contributed by atoms with Crippen molar-refractivity contribution >= 4 is 14.0 Å². The molecule has 2 rings (SSSR count). The van der Waals surface area contributed by atoms with E-state index < -0.39 is 14.0 Å². The third-order valence-corrected chi connectivity index (χ3v) is 11.6. The van der Waals surface area contributed by atoms with E-state index in [1.807, 2.05) is 0 Å². The summed E-state index contributed by atoms with van der Waals surface area (Å²) >= 11 is 0. The Morgan fingerprint density at radius 2 is 1.35 bits per heavy atom. The summed E-state index contributed by atoms with van der Waals surface area (Å²) < 4.78 is 0. The summed E-state index contributed by atoms with van der Waals surface area (Å²) in [5.74, 6) is -0.713. The zero-order valence-corrected chi connectivity index (χ0v) is 14.2. The van der Waals surface area contributed by atoms with Crippen molar-refractivity contribution in [3.8, 4) is 0 Å². The number of carboxylic acid groups (broad SMARTS) is 1. The van der Waals surface area contributed by atoms with Crippen LogP contribution in [0.4, 0.5) is 0 Å². The topological polar surface area (TPSA) is 37.3 Å². The van der Waals surface area contributed by atoms with E-state index in [1.165, 1.54) is 64.2 Å². The summed E-state index contributed by atoms with van der Waals surface area (Å²) in [6.07, 6.45) is 13.6. The Kier molecular flexibility index (Phi) is 5.47. The molecule has 2 aliphatic rings. The lowest BCUT2D eigenvalue weighted by Gasteiger charge is -2.44. The largest absolute Gasteiger partial charge is 0.478 e. The van der Waals surface area contributed by atoms with Crippen LogP contribution in [-0.2, 0) is 4.79 Å². The van der Waals surface area contributed by atoms with E-state index in [2.05, 4.69) is 12.2 Å². The van der Waals surface area contributed by atoms with Gasteiger partial charge in [0, 0.05) is 5.57 Å². The van der Waals surface area contributed by atoms with E-state index in [0.29, 0.717) is 5.57 Å². The van der Waals surface area contributed by atoms with E-state index in [9.17, 15) is 9.90 Å². The van der Waals surface area contributed by atoms with Gasteiger partial charge in [-0.15, -0.1) is 0 Å². The molecule has 0 unspecified atom stereocenters. The highest BCUT2D eigenvalue weighted by atomic mass is 28.3. The predicted octanol–water partition coefficient (Wildman–Crippen LogP) is 5.30. The van der Waals surface area contributed by atoms with E-state index in [4.69, 9.17) is 0 Å². The summed E-state index contributed by atoms with van der Waals surface area (Å²) in [5.41, 5.74) is 4.53. The lowest BCUT2D eigenvalue weighted by atomic mass is 9.99. The van der Waals surface area contributed by atoms with Crippen LogP contribution in [0.3, 0.4) is 0 Å². The second-order valence-corrected chi connectivity index (χ2v) is 11.8. The van der Waals surface area contributed by atoms with Gasteiger partial charge in [0.15, 0.2) is 0 Å². The Bertz CT molecular complexity index is 345. The molecule has 3 heteroatoms. The van der Waals surface area contributed by atoms with Gasteiger partial charge >= 0.3 is 5.97 Å². The first kappa shape index (κ1) is 15.8. The fourth-order valence-electron chi connectivity index (χ4n) is 4.55. The van der Waals surface area contributed by atoms with Crippen LogP contribution in [0.25, 0.3) is 0 Å². The van der Waals surface area contributed by atoms with Crippen LogP contribution in [0.15, 0.2) is 11.3 Å². The Morgan fingerprint density at radius 1 is 0.950 bits per heavy atom. The molecule has 0 bridgehead atoms. The second-order valence-electron chi connectivity index (χ2n) is 7.17. The van der Waals surface area contributed by atoms with Crippen molar-refractivity contribution in [2.24, 2.45) is 0 Å². The molecule has 0 atom stereocenters. The highest BCUT2D eigenvalue weighted by Gasteiger charge is 2.42. The van der Waals surface area contributed by atoms with Gasteiger partial charge in [0.1, 0.15) is 0 Å². The van der Waals surface area contributed by atoms with Crippen LogP contribution >= 0.6 is 0 Å². The molecule has 0 aromatic rings. The normalized spacial score (nSPS) is 23.8. The molecular weight excluding hydrogens is 264 g/mol.